The van der Waals surface area contributed by atoms with E-state index in [0.29, 0.717) is 11.3 Å². The zero-order valence-electron chi connectivity index (χ0n) is 14.7. The van der Waals surface area contributed by atoms with Crippen LogP contribution in [0.25, 0.3) is 0 Å². The van der Waals surface area contributed by atoms with Gasteiger partial charge in [0.2, 0.25) is 5.91 Å². The highest BCUT2D eigenvalue weighted by atomic mass is 16.5. The fraction of sp³-hybridized carbons (Fsp3) is 0.250. The van der Waals surface area contributed by atoms with Gasteiger partial charge in [0.05, 0.1) is 11.3 Å². The van der Waals surface area contributed by atoms with Gasteiger partial charge in [-0.05, 0) is 24.6 Å². The number of anilines is 1. The van der Waals surface area contributed by atoms with Crippen molar-refractivity contribution in [2.24, 2.45) is 0 Å². The molecule has 1 aliphatic rings. The van der Waals surface area contributed by atoms with Gasteiger partial charge in [-0.2, -0.15) is 0 Å². The highest BCUT2D eigenvalue weighted by molar-refractivity contribution is 6.11. The largest absolute Gasteiger partial charge is 0.459 e. The van der Waals surface area contributed by atoms with Crippen LogP contribution in [0.4, 0.5) is 5.69 Å². The van der Waals surface area contributed by atoms with Gasteiger partial charge >= 0.3 is 5.97 Å². The minimum atomic E-state index is -0.760. The van der Waals surface area contributed by atoms with Gasteiger partial charge < -0.3 is 14.5 Å². The Morgan fingerprint density at radius 3 is 2.42 bits per heavy atom. The summed E-state index contributed by atoms with van der Waals surface area (Å²) >= 11 is 0. The van der Waals surface area contributed by atoms with Crippen LogP contribution in [0.3, 0.4) is 0 Å². The van der Waals surface area contributed by atoms with E-state index in [2.05, 4.69) is 0 Å². The molecule has 2 aromatic carbocycles. The lowest BCUT2D eigenvalue weighted by Crippen LogP contribution is -2.48. The molecule has 6 heteroatoms. The van der Waals surface area contributed by atoms with Crippen LogP contribution in [0.15, 0.2) is 54.6 Å². The number of ether oxygens (including phenoxy) is 1. The molecule has 0 saturated carbocycles. The first-order valence-corrected chi connectivity index (χ1v) is 8.36. The van der Waals surface area contributed by atoms with Crippen LogP contribution in [0.1, 0.15) is 22.8 Å². The van der Waals surface area contributed by atoms with E-state index in [9.17, 15) is 14.4 Å². The molecule has 0 fully saturated rings. The lowest BCUT2D eigenvalue weighted by atomic mass is 10.1. The number of para-hydroxylation sites is 1. The Balaban J connectivity index is 1.77. The number of esters is 1. The quantitative estimate of drug-likeness (QED) is 0.792. The molecule has 1 heterocycles. The van der Waals surface area contributed by atoms with E-state index in [1.165, 1.54) is 9.80 Å². The first kappa shape index (κ1) is 17.7. The average molecular weight is 352 g/mol. The van der Waals surface area contributed by atoms with Crippen molar-refractivity contribution in [1.82, 2.24) is 4.90 Å². The van der Waals surface area contributed by atoms with Gasteiger partial charge in [-0.25, -0.2) is 0 Å². The first-order chi connectivity index (χ1) is 12.5. The molecule has 0 aromatic heterocycles. The second-order valence-corrected chi connectivity index (χ2v) is 6.17. The van der Waals surface area contributed by atoms with E-state index in [0.717, 1.165) is 5.56 Å². The lowest BCUT2D eigenvalue weighted by Gasteiger charge is -2.26. The summed E-state index contributed by atoms with van der Waals surface area (Å²) in [6, 6.07) is 15.4. The monoisotopic (exact) mass is 352 g/mol. The molecule has 1 atom stereocenters. The molecule has 134 valence electrons. The Morgan fingerprint density at radius 2 is 1.69 bits per heavy atom. The molecule has 0 bridgehead atoms. The van der Waals surface area contributed by atoms with Crippen molar-refractivity contribution >= 4 is 23.5 Å². The van der Waals surface area contributed by atoms with Crippen LogP contribution in [0.5, 0.6) is 0 Å². The summed E-state index contributed by atoms with van der Waals surface area (Å²) in [5.74, 6) is -1.16. The Hall–Kier alpha value is -3.15. The van der Waals surface area contributed by atoms with Crippen molar-refractivity contribution in [3.8, 4) is 0 Å². The Labute approximate surface area is 152 Å². The standard InChI is InChI=1S/C20H20N2O4/c1-14-19(24)21(2)17-11-7-6-10-16(17)20(25)22(14)12-18(23)26-13-15-8-4-3-5-9-15/h3-11,14H,12-13H2,1-2H3. The van der Waals surface area contributed by atoms with Crippen molar-refractivity contribution < 1.29 is 19.1 Å². The second kappa shape index (κ2) is 7.39. The lowest BCUT2D eigenvalue weighted by molar-refractivity contribution is -0.146. The van der Waals surface area contributed by atoms with E-state index in [1.807, 2.05) is 30.3 Å². The smallest absolute Gasteiger partial charge is 0.326 e. The predicted octanol–water partition coefficient (Wildman–Crippen LogP) is 2.24. The molecule has 0 N–H and O–H groups in total. The Bertz CT molecular complexity index is 835. The van der Waals surface area contributed by atoms with Gasteiger partial charge in [0.1, 0.15) is 19.2 Å². The van der Waals surface area contributed by atoms with Gasteiger partial charge in [-0.1, -0.05) is 42.5 Å². The van der Waals surface area contributed by atoms with Gasteiger partial charge in [-0.15, -0.1) is 0 Å². The molecule has 2 amide bonds. The highest BCUT2D eigenvalue weighted by Gasteiger charge is 2.36. The van der Waals surface area contributed by atoms with Crippen LogP contribution in [0.2, 0.25) is 0 Å². The number of likely N-dealkylation sites (N-methyl/N-ethyl adjacent to an activating group) is 1. The third kappa shape index (κ3) is 3.44. The Morgan fingerprint density at radius 1 is 1.04 bits per heavy atom. The number of benzene rings is 2. The van der Waals surface area contributed by atoms with E-state index in [4.69, 9.17) is 4.74 Å². The summed E-state index contributed by atoms with van der Waals surface area (Å²) < 4.78 is 5.26. The van der Waals surface area contributed by atoms with Crippen LogP contribution >= 0.6 is 0 Å². The maximum Gasteiger partial charge on any atom is 0.326 e. The van der Waals surface area contributed by atoms with Crippen molar-refractivity contribution in [1.29, 1.82) is 0 Å². The van der Waals surface area contributed by atoms with Crippen molar-refractivity contribution in [2.75, 3.05) is 18.5 Å². The fourth-order valence-electron chi connectivity index (χ4n) is 2.94. The van der Waals surface area contributed by atoms with Crippen molar-refractivity contribution in [3.63, 3.8) is 0 Å². The predicted molar refractivity (Wildman–Crippen MR) is 96.6 cm³/mol. The number of nitrogens with zero attached hydrogens (tertiary/aromatic N) is 2. The molecular weight excluding hydrogens is 332 g/mol. The normalized spacial score (nSPS) is 16.9. The second-order valence-electron chi connectivity index (χ2n) is 6.17. The van der Waals surface area contributed by atoms with Crippen LogP contribution in [-0.2, 0) is 20.9 Å². The number of amides is 2. The number of hydrogen-bond acceptors (Lipinski definition) is 4. The molecule has 6 nitrogen and oxygen atoms in total. The summed E-state index contributed by atoms with van der Waals surface area (Å²) in [6.07, 6.45) is 0. The molecule has 26 heavy (non-hydrogen) atoms. The number of fused-ring (bicyclic) bond motifs is 1. The topological polar surface area (TPSA) is 66.9 Å². The van der Waals surface area contributed by atoms with E-state index >= 15 is 0 Å². The third-order valence-corrected chi connectivity index (χ3v) is 4.45. The highest BCUT2D eigenvalue weighted by Crippen LogP contribution is 2.26. The number of carbonyl (C=O) groups excluding carboxylic acids is 3. The molecule has 1 aliphatic heterocycles. The summed E-state index contributed by atoms with van der Waals surface area (Å²) in [6.45, 7) is 1.47. The molecule has 0 aliphatic carbocycles. The molecule has 0 spiro atoms. The Kier molecular flexibility index (Phi) is 5.02. The van der Waals surface area contributed by atoms with E-state index in [1.54, 1.807) is 38.2 Å². The summed E-state index contributed by atoms with van der Waals surface area (Å²) in [4.78, 5) is 40.5. The summed E-state index contributed by atoms with van der Waals surface area (Å²) in [5, 5.41) is 0. The van der Waals surface area contributed by atoms with Gasteiger partial charge in [-0.3, -0.25) is 14.4 Å². The van der Waals surface area contributed by atoms with Crippen molar-refractivity contribution in [3.05, 3.63) is 65.7 Å². The number of carbonyl (C=O) groups is 3. The van der Waals surface area contributed by atoms with Crippen LogP contribution in [-0.4, -0.2) is 42.3 Å². The zero-order valence-corrected chi connectivity index (χ0v) is 14.7. The van der Waals surface area contributed by atoms with Crippen molar-refractivity contribution in [2.45, 2.75) is 19.6 Å². The maximum absolute atomic E-state index is 12.9. The molecule has 0 saturated heterocycles. The summed E-state index contributed by atoms with van der Waals surface area (Å²) in [7, 11) is 1.63. The van der Waals surface area contributed by atoms with Crippen LogP contribution < -0.4 is 4.90 Å². The van der Waals surface area contributed by atoms with E-state index < -0.39 is 12.0 Å². The number of hydrogen-bond donors (Lipinski definition) is 0. The zero-order chi connectivity index (χ0) is 18.7. The van der Waals surface area contributed by atoms with Gasteiger partial charge in [0.15, 0.2) is 0 Å². The van der Waals surface area contributed by atoms with Gasteiger partial charge in [0.25, 0.3) is 5.91 Å². The average Bonchev–Trinajstić information content (AvgIpc) is 2.74. The third-order valence-electron chi connectivity index (χ3n) is 4.45. The SMILES string of the molecule is CC1C(=O)N(C)c2ccccc2C(=O)N1CC(=O)OCc1ccccc1. The minimum Gasteiger partial charge on any atom is -0.459 e. The number of rotatable bonds is 4. The van der Waals surface area contributed by atoms with Gasteiger partial charge in [0, 0.05) is 7.05 Å². The molecule has 1 unspecified atom stereocenters. The first-order valence-electron chi connectivity index (χ1n) is 8.36. The fourth-order valence-corrected chi connectivity index (χ4v) is 2.94. The van der Waals surface area contributed by atoms with Crippen LogP contribution in [0, 0.1) is 0 Å². The molecule has 0 radical (unpaired) electrons. The molecular formula is C20H20N2O4. The molecule has 3 rings (SSSR count). The summed E-state index contributed by atoms with van der Waals surface area (Å²) in [5.41, 5.74) is 1.79. The van der Waals surface area contributed by atoms with E-state index in [-0.39, 0.29) is 25.0 Å². The minimum absolute atomic E-state index is 0.126. The molecule has 2 aromatic rings. The maximum atomic E-state index is 12.9.